The van der Waals surface area contributed by atoms with E-state index in [2.05, 4.69) is 48.5 Å². The van der Waals surface area contributed by atoms with Gasteiger partial charge < -0.3 is 88.7 Å². The Balaban J connectivity index is 1.92. The molecule has 1 aliphatic carbocycles. The summed E-state index contributed by atoms with van der Waals surface area (Å²) in [6.45, 7) is 12.6. The predicted octanol–water partition coefficient (Wildman–Crippen LogP) is 19.7. The highest BCUT2D eigenvalue weighted by atomic mass is 31.2. The smallest absolute Gasteiger partial charge is 0.463 e. The van der Waals surface area contributed by atoms with Crippen molar-refractivity contribution in [1.29, 1.82) is 0 Å². The second kappa shape index (κ2) is 73.1. The predicted molar refractivity (Wildman–Crippen MR) is 481 cm³/mol. The lowest BCUT2D eigenvalue weighted by Gasteiger charge is -2.50. The van der Waals surface area contributed by atoms with Crippen molar-refractivity contribution >= 4 is 31.7 Å². The number of ether oxygens (including phenoxy) is 8. The Hall–Kier alpha value is -2.53. The zero-order valence-corrected chi connectivity index (χ0v) is 79.2. The number of phosphoric acid groups is 1. The molecule has 26 heteroatoms. The van der Waals surface area contributed by atoms with Gasteiger partial charge in [-0.05, 0) is 43.4 Å². The average Bonchev–Trinajstić information content (AvgIpc) is 0.753. The fourth-order valence-electron chi connectivity index (χ4n) is 17.3. The Morgan fingerprint density at radius 2 is 0.610 bits per heavy atom. The van der Waals surface area contributed by atoms with E-state index in [9.17, 15) is 74.6 Å². The third kappa shape index (κ3) is 53.5. The molecule has 3 fully saturated rings. The maximum absolute atomic E-state index is 15.0. The maximum Gasteiger partial charge on any atom is 0.472 e. The van der Waals surface area contributed by atoms with Crippen LogP contribution in [0.2, 0.25) is 0 Å². The van der Waals surface area contributed by atoms with E-state index in [1.54, 1.807) is 0 Å². The molecule has 0 aromatic rings. The van der Waals surface area contributed by atoms with Crippen LogP contribution in [0.1, 0.15) is 447 Å². The average molecular weight is 1780 g/mol. The van der Waals surface area contributed by atoms with Crippen molar-refractivity contribution in [2.75, 3.05) is 26.4 Å². The van der Waals surface area contributed by atoms with E-state index in [-0.39, 0.29) is 25.7 Å². The van der Waals surface area contributed by atoms with Crippen molar-refractivity contribution < 1.29 is 122 Å². The molecule has 0 radical (unpaired) electrons. The fraction of sp³-hybridized carbons (Fsp3) is 0.959. The van der Waals surface area contributed by atoms with E-state index in [1.165, 1.54) is 212 Å². The van der Waals surface area contributed by atoms with E-state index >= 15 is 0 Å². The lowest BCUT2D eigenvalue weighted by Crippen LogP contribution is -2.70. The van der Waals surface area contributed by atoms with E-state index in [1.807, 2.05) is 0 Å². The van der Waals surface area contributed by atoms with Crippen molar-refractivity contribution in [1.82, 2.24) is 0 Å². The first-order valence-electron chi connectivity index (χ1n) is 50.4. The van der Waals surface area contributed by atoms with Crippen LogP contribution < -0.4 is 0 Å². The molecule has 0 aromatic heterocycles. The van der Waals surface area contributed by atoms with Gasteiger partial charge in [0.15, 0.2) is 24.8 Å². The number of hydrogen-bond acceptors (Lipinski definition) is 24. The minimum Gasteiger partial charge on any atom is -0.463 e. The monoisotopic (exact) mass is 1780 g/mol. The number of aliphatic hydroxyl groups excluding tert-OH is 9. The molecule has 123 heavy (non-hydrogen) atoms. The van der Waals surface area contributed by atoms with Gasteiger partial charge in [-0.15, -0.1) is 0 Å². The maximum atomic E-state index is 15.0. The number of esters is 4. The van der Waals surface area contributed by atoms with Crippen molar-refractivity contribution in [3.63, 3.8) is 0 Å². The number of carbonyl (C=O) groups is 4. The second-order valence-electron chi connectivity index (χ2n) is 37.2. The molecule has 0 bridgehead atoms. The molecule has 3 aliphatic rings. The Labute approximate surface area is 744 Å². The van der Waals surface area contributed by atoms with Gasteiger partial charge in [-0.3, -0.25) is 28.2 Å². The fourth-order valence-corrected chi connectivity index (χ4v) is 18.3. The second-order valence-corrected chi connectivity index (χ2v) is 38.6. The molecule has 2 heterocycles. The highest BCUT2D eigenvalue weighted by molar-refractivity contribution is 7.47. The summed E-state index contributed by atoms with van der Waals surface area (Å²) in [5, 5.41) is 103. The lowest BCUT2D eigenvalue weighted by molar-refractivity contribution is -0.360. The first-order chi connectivity index (χ1) is 59.4. The zero-order chi connectivity index (χ0) is 90.1. The van der Waals surface area contributed by atoms with Gasteiger partial charge >= 0.3 is 31.7 Å². The summed E-state index contributed by atoms with van der Waals surface area (Å²) in [6, 6.07) is 0. The van der Waals surface area contributed by atoms with Crippen molar-refractivity contribution in [3.05, 3.63) is 0 Å². The van der Waals surface area contributed by atoms with Gasteiger partial charge in [-0.25, -0.2) is 4.57 Å². The summed E-state index contributed by atoms with van der Waals surface area (Å²) < 4.78 is 73.8. The molecule has 1 saturated carbocycles. The van der Waals surface area contributed by atoms with Gasteiger partial charge in [-0.2, -0.15) is 0 Å². The molecular formula is C97H183O25P. The zero-order valence-electron chi connectivity index (χ0n) is 78.3. The minimum atomic E-state index is -5.81. The molecule has 21 unspecified atom stereocenters. The molecule has 0 aromatic carbocycles. The number of rotatable bonds is 81. The number of phosphoric ester groups is 1. The summed E-state index contributed by atoms with van der Waals surface area (Å²) in [7, 11) is -5.81. The molecule has 0 amide bonds. The molecule has 21 atom stereocenters. The van der Waals surface area contributed by atoms with Crippen LogP contribution in [-0.4, -0.2) is 205 Å². The molecule has 0 spiro atoms. The Bertz CT molecular complexity index is 2590. The Morgan fingerprint density at radius 3 is 0.967 bits per heavy atom. The number of aliphatic hydroxyl groups is 9. The SMILES string of the molecule is CCCCCCCCCCCCCCCCCCC(=O)OCC(COP(=O)(O)OC1C(OC2OC(CO)C(O)C(O)C2O)C(O)C(O)C(OC(=O)CCCCCCCCC(C)CCCCCCCC)C1OC1OC(COC(=O)CCCCCCCCC(C)CCCCCCCC)C(O)C(O)C1O)OC(=O)CCCCCCCCC(C)CCCCCCCC. The third-order valence-electron chi connectivity index (χ3n) is 25.5. The molecular weight excluding hydrogens is 1600 g/mol. The van der Waals surface area contributed by atoms with Gasteiger partial charge in [0, 0.05) is 25.7 Å². The van der Waals surface area contributed by atoms with Crippen LogP contribution in [0.3, 0.4) is 0 Å². The van der Waals surface area contributed by atoms with Crippen LogP contribution >= 0.6 is 7.82 Å². The van der Waals surface area contributed by atoms with Gasteiger partial charge in [0.05, 0.1) is 13.2 Å². The van der Waals surface area contributed by atoms with Crippen LogP contribution in [-0.2, 0) is 70.7 Å². The van der Waals surface area contributed by atoms with Crippen LogP contribution in [0, 0.1) is 17.8 Å². The van der Waals surface area contributed by atoms with Crippen molar-refractivity contribution in [2.45, 2.75) is 551 Å². The van der Waals surface area contributed by atoms with E-state index in [0.717, 1.165) is 128 Å². The van der Waals surface area contributed by atoms with Gasteiger partial charge in [0.1, 0.15) is 92.6 Å². The standard InChI is InChI=1S/C97H183O25P/c1-8-12-16-20-24-25-26-27-28-29-30-31-32-33-46-56-66-80(99)113-71-77(116-82(101)68-58-48-38-35-44-54-64-75(6)61-51-41-22-18-14-10-3)72-115-123(111,112)122-95-93(120-96-90(109)86(105)84(103)78(70-98)117-96)89(108)88(107)92(119-83(102)69-59-49-39-36-45-55-65-76(7)62-52-42-23-19-15-11-4)94(95)121-97-91(110)87(106)85(104)79(118-97)73-114-81(100)67-57-47-37-34-43-53-63-74(5)60-50-40-21-17-13-9-2/h74-79,84-98,103-110H,8-73H2,1-7H3,(H,111,112). The van der Waals surface area contributed by atoms with Gasteiger partial charge in [-0.1, -0.05) is 395 Å². The minimum absolute atomic E-state index is 0.0164. The van der Waals surface area contributed by atoms with Crippen molar-refractivity contribution in [3.8, 4) is 0 Å². The normalized spacial score (nSPS) is 25.1. The quantitative estimate of drug-likeness (QED) is 0.0117. The number of hydrogen-bond donors (Lipinski definition) is 10. The summed E-state index contributed by atoms with van der Waals surface area (Å²) in [4.78, 5) is 66.8. The van der Waals surface area contributed by atoms with Gasteiger partial charge in [0.2, 0.25) is 0 Å². The first-order valence-corrected chi connectivity index (χ1v) is 51.9. The molecule has 2 saturated heterocycles. The Morgan fingerprint density at radius 1 is 0.317 bits per heavy atom. The van der Waals surface area contributed by atoms with Crippen molar-refractivity contribution in [2.24, 2.45) is 17.8 Å². The molecule has 25 nitrogen and oxygen atoms in total. The third-order valence-corrected chi connectivity index (χ3v) is 26.5. The lowest BCUT2D eigenvalue weighted by atomic mass is 9.84. The Kier molecular flexibility index (Phi) is 68.1. The number of unbranched alkanes of at least 4 members (excludes halogenated alkanes) is 45. The highest BCUT2D eigenvalue weighted by Gasteiger charge is 2.60. The van der Waals surface area contributed by atoms with Crippen LogP contribution in [0.25, 0.3) is 0 Å². The molecule has 3 rings (SSSR count). The largest absolute Gasteiger partial charge is 0.472 e. The molecule has 726 valence electrons. The molecule has 10 N–H and O–H groups in total. The summed E-state index contributed by atoms with van der Waals surface area (Å²) in [6.07, 6.45) is 27.9. The van der Waals surface area contributed by atoms with Crippen LogP contribution in [0.4, 0.5) is 0 Å². The highest BCUT2D eigenvalue weighted by Crippen LogP contribution is 2.49. The summed E-state index contributed by atoms with van der Waals surface area (Å²) in [5.74, 6) is -0.963. The first kappa shape index (κ1) is 115. The summed E-state index contributed by atoms with van der Waals surface area (Å²) in [5.41, 5.74) is 0. The number of carbonyl (C=O) groups excluding carboxylic acids is 4. The van der Waals surface area contributed by atoms with E-state index in [4.69, 9.17) is 46.9 Å². The molecule has 2 aliphatic heterocycles. The van der Waals surface area contributed by atoms with Crippen LogP contribution in [0.5, 0.6) is 0 Å². The van der Waals surface area contributed by atoms with Gasteiger partial charge in [0.25, 0.3) is 0 Å². The van der Waals surface area contributed by atoms with E-state index in [0.29, 0.717) is 49.9 Å². The summed E-state index contributed by atoms with van der Waals surface area (Å²) >= 11 is 0. The van der Waals surface area contributed by atoms with Crippen LogP contribution in [0.15, 0.2) is 0 Å². The topological polar surface area (TPSA) is 380 Å². The van der Waals surface area contributed by atoms with E-state index < -0.39 is 162 Å².